The summed E-state index contributed by atoms with van der Waals surface area (Å²) in [4.78, 5) is -0.165. The highest BCUT2D eigenvalue weighted by Crippen LogP contribution is 2.39. The van der Waals surface area contributed by atoms with Gasteiger partial charge in [-0.2, -0.15) is 18.4 Å². The van der Waals surface area contributed by atoms with Gasteiger partial charge in [0.15, 0.2) is 0 Å². The molecule has 1 fully saturated rings. The van der Waals surface area contributed by atoms with Crippen molar-refractivity contribution in [1.29, 1.82) is 5.26 Å². The number of anilines is 1. The Labute approximate surface area is 228 Å². The van der Waals surface area contributed by atoms with Gasteiger partial charge in [-0.1, -0.05) is 17.7 Å². The number of benzene rings is 3. The van der Waals surface area contributed by atoms with E-state index in [1.807, 2.05) is 13.0 Å². The fourth-order valence-electron chi connectivity index (χ4n) is 4.14. The summed E-state index contributed by atoms with van der Waals surface area (Å²) in [7, 11) is -4.14. The average molecular weight is 581 g/mol. The fraction of sp³-hybridized carbons (Fsp3) is 0.269. The lowest BCUT2D eigenvalue weighted by atomic mass is 10.0. The summed E-state index contributed by atoms with van der Waals surface area (Å²) in [5, 5.41) is 21.3. The van der Waals surface area contributed by atoms with Crippen molar-refractivity contribution in [2.45, 2.75) is 30.1 Å². The molecule has 2 unspecified atom stereocenters. The monoisotopic (exact) mass is 580 g/mol. The number of ether oxygens (including phenoxy) is 2. The van der Waals surface area contributed by atoms with E-state index >= 15 is 0 Å². The highest BCUT2D eigenvalue weighted by atomic mass is 35.5. The van der Waals surface area contributed by atoms with Crippen LogP contribution in [0.1, 0.15) is 18.1 Å². The Hall–Kier alpha value is -3.34. The normalized spacial score (nSPS) is 16.8. The molecule has 0 aromatic heterocycles. The SMILES string of the molecule is CC(Nc1ccc(S(N)(=O)=O)c(-c2ccc(Oc3ccc(Cl)c(C(F)(F)F)c3)c(C#N)c2)c1)C1CNCCO1. The number of nitrogens with two attached hydrogens (primary N) is 1. The standard InChI is InChI=1S/C26H24ClF3N4O4S/c1-15(24-14-33-8-9-37-24)34-18-3-7-25(39(32,35)36)20(11-18)16-2-6-23(17(10-16)13-31)38-19-4-5-22(27)21(12-19)26(28,29)30/h2-7,10-12,15,24,33-34H,8-9,14H2,1H3,(H2,32,35,36). The number of morpholine rings is 1. The second kappa shape index (κ2) is 11.4. The summed E-state index contributed by atoms with van der Waals surface area (Å²) in [6.07, 6.45) is -4.80. The maximum Gasteiger partial charge on any atom is 0.417 e. The Morgan fingerprint density at radius 1 is 1.21 bits per heavy atom. The molecule has 39 heavy (non-hydrogen) atoms. The van der Waals surface area contributed by atoms with E-state index in [1.165, 1.54) is 30.3 Å². The molecule has 0 bridgehead atoms. The van der Waals surface area contributed by atoms with Crippen molar-refractivity contribution in [3.8, 4) is 28.7 Å². The number of nitrogens with zero attached hydrogens (tertiary/aromatic N) is 1. The van der Waals surface area contributed by atoms with Crippen LogP contribution in [0.15, 0.2) is 59.5 Å². The molecule has 1 aliphatic heterocycles. The number of alkyl halides is 3. The molecule has 0 spiro atoms. The molecular formula is C26H24ClF3N4O4S. The van der Waals surface area contributed by atoms with E-state index in [1.54, 1.807) is 12.1 Å². The minimum atomic E-state index is -4.70. The number of halogens is 4. The van der Waals surface area contributed by atoms with Crippen LogP contribution in [0.4, 0.5) is 18.9 Å². The predicted molar refractivity (Wildman–Crippen MR) is 140 cm³/mol. The lowest BCUT2D eigenvalue weighted by Gasteiger charge is -2.30. The van der Waals surface area contributed by atoms with Gasteiger partial charge in [0.25, 0.3) is 0 Å². The van der Waals surface area contributed by atoms with Crippen molar-refractivity contribution < 1.29 is 31.1 Å². The molecule has 1 saturated heterocycles. The van der Waals surface area contributed by atoms with E-state index in [9.17, 15) is 26.9 Å². The Morgan fingerprint density at radius 2 is 1.97 bits per heavy atom. The number of rotatable bonds is 7. The molecule has 0 aliphatic carbocycles. The van der Waals surface area contributed by atoms with E-state index in [0.717, 1.165) is 18.7 Å². The molecule has 0 radical (unpaired) electrons. The zero-order valence-corrected chi connectivity index (χ0v) is 22.1. The molecule has 206 valence electrons. The second-order valence-electron chi connectivity index (χ2n) is 8.87. The first-order valence-corrected chi connectivity index (χ1v) is 13.6. The van der Waals surface area contributed by atoms with Gasteiger partial charge < -0.3 is 20.1 Å². The van der Waals surface area contributed by atoms with E-state index < -0.39 is 26.8 Å². The molecule has 4 N–H and O–H groups in total. The van der Waals surface area contributed by atoms with Gasteiger partial charge in [0, 0.05) is 24.3 Å². The molecule has 13 heteroatoms. The zero-order valence-electron chi connectivity index (χ0n) is 20.5. The lowest BCUT2D eigenvalue weighted by Crippen LogP contribution is -2.46. The Balaban J connectivity index is 1.68. The van der Waals surface area contributed by atoms with Crippen LogP contribution in [0.5, 0.6) is 11.5 Å². The molecule has 1 aliphatic rings. The van der Waals surface area contributed by atoms with Gasteiger partial charge in [0.05, 0.1) is 39.8 Å². The van der Waals surface area contributed by atoms with Crippen LogP contribution in [0.2, 0.25) is 5.02 Å². The summed E-state index contributed by atoms with van der Waals surface area (Å²) >= 11 is 5.67. The quantitative estimate of drug-likeness (QED) is 0.354. The zero-order chi connectivity index (χ0) is 28.4. The highest BCUT2D eigenvalue weighted by molar-refractivity contribution is 7.89. The third kappa shape index (κ3) is 6.81. The smallest absolute Gasteiger partial charge is 0.417 e. The molecule has 0 saturated carbocycles. The van der Waals surface area contributed by atoms with Crippen molar-refractivity contribution in [2.24, 2.45) is 5.14 Å². The van der Waals surface area contributed by atoms with E-state index in [4.69, 9.17) is 26.2 Å². The number of nitriles is 1. The minimum Gasteiger partial charge on any atom is -0.456 e. The number of hydrogen-bond donors (Lipinski definition) is 3. The summed E-state index contributed by atoms with van der Waals surface area (Å²) in [5.41, 5.74) is 0.0410. The third-order valence-electron chi connectivity index (χ3n) is 6.08. The molecule has 3 aromatic carbocycles. The van der Waals surface area contributed by atoms with E-state index in [-0.39, 0.29) is 39.7 Å². The van der Waals surface area contributed by atoms with Crippen LogP contribution in [-0.2, 0) is 20.9 Å². The lowest BCUT2D eigenvalue weighted by molar-refractivity contribution is -0.137. The fourth-order valence-corrected chi connectivity index (χ4v) is 5.11. The van der Waals surface area contributed by atoms with Crippen LogP contribution < -0.4 is 20.5 Å². The third-order valence-corrected chi connectivity index (χ3v) is 7.38. The number of primary sulfonamides is 1. The van der Waals surface area contributed by atoms with Crippen molar-refractivity contribution >= 4 is 27.3 Å². The number of nitrogens with one attached hydrogen (secondary N) is 2. The van der Waals surface area contributed by atoms with E-state index in [2.05, 4.69) is 10.6 Å². The molecule has 2 atom stereocenters. The van der Waals surface area contributed by atoms with Gasteiger partial charge in [-0.05, 0) is 61.0 Å². The van der Waals surface area contributed by atoms with Gasteiger partial charge in [-0.15, -0.1) is 0 Å². The summed E-state index contributed by atoms with van der Waals surface area (Å²) in [6.45, 7) is 3.93. The topological polar surface area (TPSA) is 126 Å². The average Bonchev–Trinajstić information content (AvgIpc) is 2.89. The first-order valence-electron chi connectivity index (χ1n) is 11.7. The predicted octanol–water partition coefficient (Wildman–Crippen LogP) is 5.13. The maximum absolute atomic E-state index is 13.2. The van der Waals surface area contributed by atoms with Gasteiger partial charge >= 0.3 is 6.18 Å². The van der Waals surface area contributed by atoms with Crippen LogP contribution in [0.25, 0.3) is 11.1 Å². The molecule has 4 rings (SSSR count). The minimum absolute atomic E-state index is 0.0290. The van der Waals surface area contributed by atoms with Crippen molar-refractivity contribution in [1.82, 2.24) is 5.32 Å². The Morgan fingerprint density at radius 3 is 2.62 bits per heavy atom. The van der Waals surface area contributed by atoms with Gasteiger partial charge in [0.2, 0.25) is 10.0 Å². The van der Waals surface area contributed by atoms with Crippen LogP contribution in [0, 0.1) is 11.3 Å². The Bertz CT molecular complexity index is 1520. The summed E-state index contributed by atoms with van der Waals surface area (Å²) in [5.74, 6) is -0.209. The number of hydrogen-bond acceptors (Lipinski definition) is 7. The first kappa shape index (κ1) is 28.7. The molecule has 1 heterocycles. The van der Waals surface area contributed by atoms with Gasteiger partial charge in [0.1, 0.15) is 17.6 Å². The first-order chi connectivity index (χ1) is 18.4. The van der Waals surface area contributed by atoms with E-state index in [0.29, 0.717) is 24.4 Å². The Kier molecular flexibility index (Phi) is 8.39. The summed E-state index contributed by atoms with van der Waals surface area (Å²) in [6, 6.07) is 13.6. The van der Waals surface area contributed by atoms with Gasteiger partial charge in [-0.3, -0.25) is 0 Å². The molecule has 3 aromatic rings. The number of sulfonamides is 1. The van der Waals surface area contributed by atoms with Crippen molar-refractivity contribution in [2.75, 3.05) is 25.0 Å². The highest BCUT2D eigenvalue weighted by Gasteiger charge is 2.33. The van der Waals surface area contributed by atoms with Crippen LogP contribution in [-0.4, -0.2) is 40.3 Å². The summed E-state index contributed by atoms with van der Waals surface area (Å²) < 4.78 is 75.7. The van der Waals surface area contributed by atoms with Crippen molar-refractivity contribution in [3.63, 3.8) is 0 Å². The van der Waals surface area contributed by atoms with Crippen molar-refractivity contribution in [3.05, 3.63) is 70.7 Å². The molecule has 0 amide bonds. The largest absolute Gasteiger partial charge is 0.456 e. The van der Waals surface area contributed by atoms with Crippen LogP contribution in [0.3, 0.4) is 0 Å². The second-order valence-corrected chi connectivity index (χ2v) is 10.8. The van der Waals surface area contributed by atoms with Gasteiger partial charge in [-0.25, -0.2) is 13.6 Å². The molecular weight excluding hydrogens is 557 g/mol. The maximum atomic E-state index is 13.2. The molecule has 8 nitrogen and oxygen atoms in total. The van der Waals surface area contributed by atoms with Crippen LogP contribution >= 0.6 is 11.6 Å².